The number of hydrogen-bond acceptors (Lipinski definition) is 2. The van der Waals surface area contributed by atoms with Crippen LogP contribution in [0.25, 0.3) is 28.2 Å². The van der Waals surface area contributed by atoms with Crippen molar-refractivity contribution in [1.29, 1.82) is 0 Å². The summed E-state index contributed by atoms with van der Waals surface area (Å²) in [6.45, 7) is 22.6. The third-order valence-corrected chi connectivity index (χ3v) is 8.34. The molecule has 3 heteroatoms. The van der Waals surface area contributed by atoms with Gasteiger partial charge in [0, 0.05) is 11.0 Å². The number of benzene rings is 3. The highest BCUT2D eigenvalue weighted by Gasteiger charge is 2.29. The predicted octanol–water partition coefficient (Wildman–Crippen LogP) is 10.2. The highest BCUT2D eigenvalue weighted by atomic mass is 15.3. The molecular formula is C37H49N3. The lowest BCUT2D eigenvalue weighted by molar-refractivity contribution is 0.464. The van der Waals surface area contributed by atoms with Crippen molar-refractivity contribution in [2.45, 2.75) is 111 Å². The minimum absolute atomic E-state index is 0.0584. The molecule has 0 atom stereocenters. The first kappa shape index (κ1) is 29.8. The van der Waals surface area contributed by atoms with Gasteiger partial charge in [-0.25, -0.2) is 0 Å². The van der Waals surface area contributed by atoms with Gasteiger partial charge >= 0.3 is 0 Å². The van der Waals surface area contributed by atoms with Crippen LogP contribution in [-0.2, 0) is 22.7 Å². The van der Waals surface area contributed by atoms with Gasteiger partial charge in [-0.3, -0.25) is 4.57 Å². The molecule has 212 valence electrons. The second-order valence-electron chi connectivity index (χ2n) is 14.0. The smallest absolute Gasteiger partial charge is 0.168 e. The van der Waals surface area contributed by atoms with Crippen molar-refractivity contribution in [1.82, 2.24) is 14.8 Å². The molecule has 0 radical (unpaired) electrons. The van der Waals surface area contributed by atoms with Crippen LogP contribution >= 0.6 is 0 Å². The summed E-state index contributed by atoms with van der Waals surface area (Å²) in [6, 6.07) is 24.9. The molecule has 0 aliphatic carbocycles. The first-order valence-electron chi connectivity index (χ1n) is 15.1. The van der Waals surface area contributed by atoms with Crippen LogP contribution in [0.15, 0.2) is 66.7 Å². The van der Waals surface area contributed by atoms with Crippen molar-refractivity contribution in [3.8, 4) is 28.2 Å². The zero-order valence-corrected chi connectivity index (χ0v) is 26.5. The maximum Gasteiger partial charge on any atom is 0.168 e. The minimum Gasteiger partial charge on any atom is -0.278 e. The van der Waals surface area contributed by atoms with Crippen molar-refractivity contribution in [2.24, 2.45) is 0 Å². The van der Waals surface area contributed by atoms with E-state index in [4.69, 9.17) is 10.2 Å². The number of hydrogen-bond donors (Lipinski definition) is 0. The summed E-state index contributed by atoms with van der Waals surface area (Å²) in [6.07, 6.45) is 4.30. The molecule has 0 aliphatic heterocycles. The van der Waals surface area contributed by atoms with Crippen LogP contribution in [0, 0.1) is 0 Å². The van der Waals surface area contributed by atoms with Gasteiger partial charge in [0.1, 0.15) is 5.82 Å². The minimum atomic E-state index is -0.115. The maximum atomic E-state index is 4.85. The van der Waals surface area contributed by atoms with E-state index in [1.165, 1.54) is 33.5 Å². The highest BCUT2D eigenvalue weighted by Crippen LogP contribution is 2.36. The van der Waals surface area contributed by atoms with E-state index in [1.807, 2.05) is 0 Å². The zero-order chi connectivity index (χ0) is 29.3. The second-order valence-corrected chi connectivity index (χ2v) is 14.0. The van der Waals surface area contributed by atoms with E-state index in [1.54, 1.807) is 0 Å². The van der Waals surface area contributed by atoms with Crippen LogP contribution < -0.4 is 0 Å². The largest absolute Gasteiger partial charge is 0.278 e. The summed E-state index contributed by atoms with van der Waals surface area (Å²) in [5.41, 5.74) is 8.92. The third-order valence-electron chi connectivity index (χ3n) is 8.34. The van der Waals surface area contributed by atoms with Crippen molar-refractivity contribution >= 4 is 0 Å². The number of aryl methyl sites for hydroxylation is 1. The Balaban J connectivity index is 1.92. The Hall–Kier alpha value is -3.20. The van der Waals surface area contributed by atoms with Gasteiger partial charge in [-0.2, -0.15) is 0 Å². The average molecular weight is 536 g/mol. The lowest BCUT2D eigenvalue weighted by atomic mass is 9.86. The number of nitrogens with zero attached hydrogens (tertiary/aromatic N) is 3. The van der Waals surface area contributed by atoms with E-state index in [-0.39, 0.29) is 16.2 Å². The Bertz CT molecular complexity index is 1440. The van der Waals surface area contributed by atoms with Gasteiger partial charge in [0.15, 0.2) is 5.82 Å². The molecular weight excluding hydrogens is 486 g/mol. The van der Waals surface area contributed by atoms with Crippen LogP contribution in [0.5, 0.6) is 0 Å². The van der Waals surface area contributed by atoms with Gasteiger partial charge in [-0.1, -0.05) is 124 Å². The van der Waals surface area contributed by atoms with E-state index in [0.29, 0.717) is 0 Å². The van der Waals surface area contributed by atoms with Crippen LogP contribution in [0.2, 0.25) is 0 Å². The van der Waals surface area contributed by atoms with E-state index in [2.05, 4.69) is 141 Å². The van der Waals surface area contributed by atoms with Gasteiger partial charge < -0.3 is 0 Å². The standard InChI is InChI=1S/C37H49N3/c1-11-13-15-28-24-27(26-18-21-30(22-19-26)35(3,4)5)20-23-32(28)40-33(38-39-34(40)37(9,10)12-2)29-16-14-17-31(25-29)36(6,7)8/h14,16-25H,11-13,15H2,1-10H3. The van der Waals surface area contributed by atoms with Crippen LogP contribution in [0.4, 0.5) is 0 Å². The SMILES string of the molecule is CCCCc1cc(-c2ccc(C(C)(C)C)cc2)ccc1-n1c(-c2cccc(C(C)(C)C)c2)nnc1C(C)(C)CC. The lowest BCUT2D eigenvalue weighted by Gasteiger charge is -2.25. The molecule has 0 saturated carbocycles. The topological polar surface area (TPSA) is 30.7 Å². The molecule has 3 nitrogen and oxygen atoms in total. The van der Waals surface area contributed by atoms with E-state index in [9.17, 15) is 0 Å². The third kappa shape index (κ3) is 6.24. The Morgan fingerprint density at radius 1 is 0.650 bits per heavy atom. The summed E-state index contributed by atoms with van der Waals surface area (Å²) in [5, 5.41) is 9.70. The number of rotatable bonds is 8. The molecule has 0 N–H and O–H groups in total. The van der Waals surface area contributed by atoms with Crippen LogP contribution in [0.3, 0.4) is 0 Å². The normalized spacial score (nSPS) is 12.7. The zero-order valence-electron chi connectivity index (χ0n) is 26.5. The molecule has 1 aromatic heterocycles. The van der Waals surface area contributed by atoms with Gasteiger partial charge in [0.05, 0.1) is 5.69 Å². The number of unbranched alkanes of at least 4 members (excludes halogenated alkanes) is 1. The summed E-state index contributed by atoms with van der Waals surface area (Å²) >= 11 is 0. The van der Waals surface area contributed by atoms with Gasteiger partial charge in [0.2, 0.25) is 0 Å². The molecule has 0 spiro atoms. The fraction of sp³-hybridized carbons (Fsp3) is 0.459. The van der Waals surface area contributed by atoms with E-state index in [0.717, 1.165) is 42.9 Å². The Morgan fingerprint density at radius 3 is 1.90 bits per heavy atom. The summed E-state index contributed by atoms with van der Waals surface area (Å²) in [4.78, 5) is 0. The quantitative estimate of drug-likeness (QED) is 0.225. The lowest BCUT2D eigenvalue weighted by Crippen LogP contribution is -2.22. The van der Waals surface area contributed by atoms with Crippen molar-refractivity contribution < 1.29 is 0 Å². The first-order chi connectivity index (χ1) is 18.8. The maximum absolute atomic E-state index is 4.85. The van der Waals surface area contributed by atoms with Crippen LogP contribution in [-0.4, -0.2) is 14.8 Å². The molecule has 4 aromatic rings. The Morgan fingerprint density at radius 2 is 1.30 bits per heavy atom. The van der Waals surface area contributed by atoms with Crippen molar-refractivity contribution in [3.63, 3.8) is 0 Å². The highest BCUT2D eigenvalue weighted by molar-refractivity contribution is 5.69. The predicted molar refractivity (Wildman–Crippen MR) is 172 cm³/mol. The molecule has 0 bridgehead atoms. The van der Waals surface area contributed by atoms with E-state index >= 15 is 0 Å². The summed E-state index contributed by atoms with van der Waals surface area (Å²) < 4.78 is 2.35. The molecule has 0 amide bonds. The van der Waals surface area contributed by atoms with Gasteiger partial charge in [-0.15, -0.1) is 10.2 Å². The van der Waals surface area contributed by atoms with Crippen molar-refractivity contribution in [2.75, 3.05) is 0 Å². The summed E-state index contributed by atoms with van der Waals surface area (Å²) in [5.74, 6) is 1.94. The average Bonchev–Trinajstić information content (AvgIpc) is 3.37. The molecule has 0 saturated heterocycles. The molecule has 1 heterocycles. The molecule has 40 heavy (non-hydrogen) atoms. The van der Waals surface area contributed by atoms with Gasteiger partial charge in [0.25, 0.3) is 0 Å². The fourth-order valence-electron chi connectivity index (χ4n) is 5.13. The second kappa shape index (κ2) is 11.4. The van der Waals surface area contributed by atoms with E-state index < -0.39 is 0 Å². The van der Waals surface area contributed by atoms with Gasteiger partial charge in [-0.05, 0) is 76.1 Å². The van der Waals surface area contributed by atoms with Crippen LogP contribution in [0.1, 0.15) is 111 Å². The Kier molecular flexibility index (Phi) is 8.45. The van der Waals surface area contributed by atoms with Crippen molar-refractivity contribution in [3.05, 3.63) is 89.2 Å². The summed E-state index contributed by atoms with van der Waals surface area (Å²) in [7, 11) is 0. The monoisotopic (exact) mass is 535 g/mol. The molecule has 0 unspecified atom stereocenters. The molecule has 3 aromatic carbocycles. The Labute approximate surface area is 243 Å². The fourth-order valence-corrected chi connectivity index (χ4v) is 5.13. The molecule has 0 aliphatic rings. The molecule has 0 fully saturated rings. The first-order valence-corrected chi connectivity index (χ1v) is 15.1. The molecule has 4 rings (SSSR count). The number of aromatic nitrogens is 3.